The molecule has 1 heterocycles. The number of carbonyl (C=O) groups excluding carboxylic acids is 1. The summed E-state index contributed by atoms with van der Waals surface area (Å²) in [4.78, 5) is 13.9. The minimum atomic E-state index is -0.193. The van der Waals surface area contributed by atoms with Gasteiger partial charge in [0, 0.05) is 24.6 Å². The van der Waals surface area contributed by atoms with Gasteiger partial charge in [0.05, 0.1) is 13.2 Å². The first-order valence-corrected chi connectivity index (χ1v) is 7.26. The summed E-state index contributed by atoms with van der Waals surface area (Å²) in [6.45, 7) is 2.62. The first kappa shape index (κ1) is 14.5. The van der Waals surface area contributed by atoms with E-state index in [-0.39, 0.29) is 11.9 Å². The third kappa shape index (κ3) is 4.30. The van der Waals surface area contributed by atoms with Gasteiger partial charge in [0.15, 0.2) is 0 Å². The summed E-state index contributed by atoms with van der Waals surface area (Å²) in [5.74, 6) is 0.106. The van der Waals surface area contributed by atoms with Crippen LogP contribution in [-0.2, 0) is 16.0 Å². The lowest BCUT2D eigenvalue weighted by Gasteiger charge is -2.27. The van der Waals surface area contributed by atoms with Gasteiger partial charge in [-0.3, -0.25) is 4.79 Å². The Morgan fingerprint density at radius 3 is 3.11 bits per heavy atom. The number of hydrogen-bond donors (Lipinski definition) is 1. The van der Waals surface area contributed by atoms with Crippen LogP contribution in [0.4, 0.5) is 0 Å². The highest BCUT2D eigenvalue weighted by atomic mass is 79.9. The summed E-state index contributed by atoms with van der Waals surface area (Å²) in [5, 5.41) is 3.18. The van der Waals surface area contributed by atoms with Gasteiger partial charge in [-0.05, 0) is 24.1 Å². The van der Waals surface area contributed by atoms with Crippen LogP contribution in [0.5, 0.6) is 0 Å². The summed E-state index contributed by atoms with van der Waals surface area (Å²) in [5.41, 5.74) is 1.22. The molecule has 19 heavy (non-hydrogen) atoms. The molecule has 1 N–H and O–H groups in total. The van der Waals surface area contributed by atoms with Gasteiger partial charge < -0.3 is 15.0 Å². The predicted molar refractivity (Wildman–Crippen MR) is 78.1 cm³/mol. The number of ether oxygens (including phenoxy) is 1. The molecule has 1 atom stereocenters. The smallest absolute Gasteiger partial charge is 0.241 e. The van der Waals surface area contributed by atoms with Gasteiger partial charge in [0.25, 0.3) is 0 Å². The van der Waals surface area contributed by atoms with Crippen molar-refractivity contribution < 1.29 is 9.53 Å². The van der Waals surface area contributed by atoms with Gasteiger partial charge >= 0.3 is 0 Å². The molecule has 0 bridgehead atoms. The molecule has 2 rings (SSSR count). The minimum absolute atomic E-state index is 0.106. The number of hydrogen-bond acceptors (Lipinski definition) is 3. The molecule has 1 aromatic rings. The molecule has 1 amide bonds. The highest BCUT2D eigenvalue weighted by Crippen LogP contribution is 2.12. The summed E-state index contributed by atoms with van der Waals surface area (Å²) >= 11 is 3.45. The maximum Gasteiger partial charge on any atom is 0.241 e. The molecule has 0 saturated carbocycles. The molecule has 0 aliphatic carbocycles. The number of benzene rings is 1. The summed E-state index contributed by atoms with van der Waals surface area (Å²) in [6, 6.07) is 7.98. The quantitative estimate of drug-likeness (QED) is 0.910. The molecule has 1 fully saturated rings. The lowest BCUT2D eigenvalue weighted by atomic mass is 10.1. The summed E-state index contributed by atoms with van der Waals surface area (Å²) in [7, 11) is 1.84. The Balaban J connectivity index is 1.83. The first-order valence-electron chi connectivity index (χ1n) is 6.47. The molecular weight excluding hydrogens is 308 g/mol. The van der Waals surface area contributed by atoms with Crippen LogP contribution in [0.1, 0.15) is 5.56 Å². The zero-order valence-corrected chi connectivity index (χ0v) is 12.6. The Morgan fingerprint density at radius 1 is 1.58 bits per heavy atom. The monoisotopic (exact) mass is 326 g/mol. The van der Waals surface area contributed by atoms with Crippen molar-refractivity contribution in [1.29, 1.82) is 0 Å². The highest BCUT2D eigenvalue weighted by Gasteiger charge is 2.23. The molecular formula is C14H19BrN2O2. The molecule has 104 valence electrons. The zero-order valence-electron chi connectivity index (χ0n) is 11.1. The molecule has 1 saturated heterocycles. The van der Waals surface area contributed by atoms with E-state index in [1.165, 1.54) is 5.56 Å². The van der Waals surface area contributed by atoms with Crippen LogP contribution >= 0.6 is 15.9 Å². The van der Waals surface area contributed by atoms with E-state index in [1.54, 1.807) is 4.90 Å². The Bertz CT molecular complexity index is 433. The zero-order chi connectivity index (χ0) is 13.7. The number of carbonyl (C=O) groups is 1. The lowest BCUT2D eigenvalue weighted by Crippen LogP contribution is -2.51. The first-order chi connectivity index (χ1) is 9.16. The average molecular weight is 327 g/mol. The fourth-order valence-electron chi connectivity index (χ4n) is 2.09. The van der Waals surface area contributed by atoms with E-state index in [9.17, 15) is 4.79 Å². The van der Waals surface area contributed by atoms with Crippen LogP contribution in [0.2, 0.25) is 0 Å². The third-order valence-electron chi connectivity index (χ3n) is 3.22. The Labute approximate surface area is 122 Å². The molecule has 0 aromatic heterocycles. The minimum Gasteiger partial charge on any atom is -0.378 e. The summed E-state index contributed by atoms with van der Waals surface area (Å²) in [6.07, 6.45) is 0.856. The SMILES string of the molecule is CN(CCc1cccc(Br)c1)C(=O)C1COCCN1. The Morgan fingerprint density at radius 2 is 2.42 bits per heavy atom. The second kappa shape index (κ2) is 7.03. The van der Waals surface area contributed by atoms with Crippen molar-refractivity contribution in [3.05, 3.63) is 34.3 Å². The van der Waals surface area contributed by atoms with Crippen molar-refractivity contribution in [3.8, 4) is 0 Å². The molecule has 0 radical (unpaired) electrons. The van der Waals surface area contributed by atoms with Crippen LogP contribution in [0, 0.1) is 0 Å². The van der Waals surface area contributed by atoms with Crippen LogP contribution in [-0.4, -0.2) is 50.2 Å². The molecule has 5 heteroatoms. The van der Waals surface area contributed by atoms with Crippen LogP contribution in [0.15, 0.2) is 28.7 Å². The molecule has 1 aliphatic rings. The van der Waals surface area contributed by atoms with Crippen LogP contribution < -0.4 is 5.32 Å². The van der Waals surface area contributed by atoms with Gasteiger partial charge in [0.2, 0.25) is 5.91 Å². The van der Waals surface area contributed by atoms with Gasteiger partial charge in [-0.1, -0.05) is 28.1 Å². The number of likely N-dealkylation sites (N-methyl/N-ethyl adjacent to an activating group) is 1. The Hall–Kier alpha value is -0.910. The second-order valence-corrected chi connectivity index (χ2v) is 5.64. The molecule has 1 aromatic carbocycles. The van der Waals surface area contributed by atoms with Crippen molar-refractivity contribution in [3.63, 3.8) is 0 Å². The average Bonchev–Trinajstić information content (AvgIpc) is 2.45. The van der Waals surface area contributed by atoms with E-state index in [0.29, 0.717) is 19.8 Å². The largest absolute Gasteiger partial charge is 0.378 e. The van der Waals surface area contributed by atoms with E-state index in [4.69, 9.17) is 4.74 Å². The topological polar surface area (TPSA) is 41.6 Å². The van der Waals surface area contributed by atoms with E-state index in [2.05, 4.69) is 33.4 Å². The number of amides is 1. The third-order valence-corrected chi connectivity index (χ3v) is 3.71. The number of morpholine rings is 1. The normalized spacial score (nSPS) is 19.2. The van der Waals surface area contributed by atoms with Crippen LogP contribution in [0.3, 0.4) is 0 Å². The molecule has 1 aliphatic heterocycles. The molecule has 4 nitrogen and oxygen atoms in total. The number of nitrogens with zero attached hydrogens (tertiary/aromatic N) is 1. The lowest BCUT2D eigenvalue weighted by molar-refractivity contribution is -0.135. The molecule has 0 spiro atoms. The van der Waals surface area contributed by atoms with Crippen molar-refractivity contribution in [2.45, 2.75) is 12.5 Å². The fraction of sp³-hybridized carbons (Fsp3) is 0.500. The van der Waals surface area contributed by atoms with Crippen molar-refractivity contribution in [1.82, 2.24) is 10.2 Å². The maximum absolute atomic E-state index is 12.2. The Kier molecular flexibility index (Phi) is 5.36. The number of nitrogens with one attached hydrogen (secondary N) is 1. The van der Waals surface area contributed by atoms with E-state index in [1.807, 2.05) is 19.2 Å². The van der Waals surface area contributed by atoms with E-state index in [0.717, 1.165) is 17.4 Å². The van der Waals surface area contributed by atoms with Gasteiger partial charge in [-0.25, -0.2) is 0 Å². The van der Waals surface area contributed by atoms with E-state index >= 15 is 0 Å². The second-order valence-electron chi connectivity index (χ2n) is 4.72. The molecule has 1 unspecified atom stereocenters. The van der Waals surface area contributed by atoms with Crippen molar-refractivity contribution >= 4 is 21.8 Å². The van der Waals surface area contributed by atoms with Crippen LogP contribution in [0.25, 0.3) is 0 Å². The number of halogens is 1. The maximum atomic E-state index is 12.2. The number of rotatable bonds is 4. The van der Waals surface area contributed by atoms with E-state index < -0.39 is 0 Å². The predicted octanol–water partition coefficient (Wildman–Crippen LogP) is 1.44. The van der Waals surface area contributed by atoms with Gasteiger partial charge in [-0.2, -0.15) is 0 Å². The van der Waals surface area contributed by atoms with Gasteiger partial charge in [0.1, 0.15) is 6.04 Å². The van der Waals surface area contributed by atoms with Gasteiger partial charge in [-0.15, -0.1) is 0 Å². The summed E-state index contributed by atoms with van der Waals surface area (Å²) < 4.78 is 6.39. The van der Waals surface area contributed by atoms with Crippen molar-refractivity contribution in [2.75, 3.05) is 33.4 Å². The fourth-order valence-corrected chi connectivity index (χ4v) is 2.54. The highest BCUT2D eigenvalue weighted by molar-refractivity contribution is 9.10. The van der Waals surface area contributed by atoms with Crippen molar-refractivity contribution in [2.24, 2.45) is 0 Å². The standard InChI is InChI=1S/C14H19BrN2O2/c1-17(14(18)13-10-19-8-6-16-13)7-5-11-3-2-4-12(15)9-11/h2-4,9,13,16H,5-8,10H2,1H3.